The van der Waals surface area contributed by atoms with Crippen LogP contribution in [0.25, 0.3) is 0 Å². The Morgan fingerprint density at radius 2 is 1.39 bits per heavy atom. The summed E-state index contributed by atoms with van der Waals surface area (Å²) in [5.41, 5.74) is -0.923. The molecule has 1 N–H and O–H groups in total. The second kappa shape index (κ2) is 11.2. The van der Waals surface area contributed by atoms with Crippen LogP contribution in [0.5, 0.6) is 0 Å². The normalized spacial score (nSPS) is 10.2. The average molecular weight is 248 g/mol. The second-order valence-corrected chi connectivity index (χ2v) is 5.34. The van der Waals surface area contributed by atoms with Gasteiger partial charge in [0.05, 0.1) is 0 Å². The van der Waals surface area contributed by atoms with E-state index in [-0.39, 0.29) is 0 Å². The van der Waals surface area contributed by atoms with Gasteiger partial charge in [-0.05, 0) is 32.1 Å². The van der Waals surface area contributed by atoms with Crippen molar-refractivity contribution in [1.29, 1.82) is 0 Å². The molecule has 0 spiro atoms. The van der Waals surface area contributed by atoms with E-state index in [1.165, 1.54) is 51.4 Å². The van der Waals surface area contributed by atoms with Gasteiger partial charge >= 0.3 is 0 Å². The summed E-state index contributed by atoms with van der Waals surface area (Å²) in [6, 6.07) is 0. The first-order chi connectivity index (χ1) is 8.56. The van der Waals surface area contributed by atoms with Gasteiger partial charge in [-0.1, -0.05) is 63.7 Å². The van der Waals surface area contributed by atoms with Crippen LogP contribution < -0.4 is 0 Å². The zero-order chi connectivity index (χ0) is 13.7. The third kappa shape index (κ3) is 15.1. The quantitative estimate of drug-likeness (QED) is 0.502. The number of unbranched alkanes of at least 4 members (excludes halogenated alkanes) is 8. The maximum Gasteiger partial charge on any atom is 0.120 e. The summed E-state index contributed by atoms with van der Waals surface area (Å²) >= 11 is 0. The van der Waals surface area contributed by atoms with Crippen LogP contribution in [-0.4, -0.2) is 10.7 Å². The topological polar surface area (TPSA) is 20.2 Å². The van der Waals surface area contributed by atoms with Crippen LogP contribution >= 0.6 is 0 Å². The van der Waals surface area contributed by atoms with E-state index in [1.54, 1.807) is 13.8 Å². The highest BCUT2D eigenvalue weighted by atomic mass is 16.3. The van der Waals surface area contributed by atoms with Crippen LogP contribution in [0.4, 0.5) is 0 Å². The van der Waals surface area contributed by atoms with Crippen molar-refractivity contribution in [2.75, 3.05) is 0 Å². The Morgan fingerprint density at radius 3 is 1.94 bits per heavy atom. The predicted octanol–water partition coefficient (Wildman–Crippen LogP) is 4.29. The Bertz CT molecular complexity index is 300. The average Bonchev–Trinajstić information content (AvgIpc) is 2.29. The molecule has 18 heavy (non-hydrogen) atoms. The maximum absolute atomic E-state index is 9.34. The minimum absolute atomic E-state index is 0.923. The smallest absolute Gasteiger partial charge is 0.120 e. The molecule has 0 aliphatic heterocycles. The van der Waals surface area contributed by atoms with Gasteiger partial charge in [-0.3, -0.25) is 0 Å². The van der Waals surface area contributed by atoms with Crippen LogP contribution in [0.1, 0.15) is 78.6 Å². The van der Waals surface area contributed by atoms with Crippen LogP contribution in [0.15, 0.2) is 0 Å². The third-order valence-corrected chi connectivity index (χ3v) is 2.67. The van der Waals surface area contributed by atoms with Crippen molar-refractivity contribution in [3.8, 4) is 23.7 Å². The molecule has 0 aromatic carbocycles. The molecule has 0 aromatic heterocycles. The van der Waals surface area contributed by atoms with Gasteiger partial charge in [0, 0.05) is 6.42 Å². The Kier molecular flexibility index (Phi) is 10.6. The fraction of sp³-hybridized carbons (Fsp3) is 0.765. The van der Waals surface area contributed by atoms with Gasteiger partial charge in [0.25, 0.3) is 0 Å². The molecular weight excluding hydrogens is 220 g/mol. The van der Waals surface area contributed by atoms with Crippen molar-refractivity contribution in [1.82, 2.24) is 0 Å². The summed E-state index contributed by atoms with van der Waals surface area (Å²) in [5, 5.41) is 9.34. The molecular formula is C17H28O. The minimum Gasteiger partial charge on any atom is -0.378 e. The minimum atomic E-state index is -0.923. The highest BCUT2D eigenvalue weighted by molar-refractivity contribution is 5.28. The Hall–Kier alpha value is -0.920. The fourth-order valence-corrected chi connectivity index (χ4v) is 1.64. The number of hydrogen-bond donors (Lipinski definition) is 1. The van der Waals surface area contributed by atoms with Gasteiger partial charge in [0.2, 0.25) is 0 Å². The maximum atomic E-state index is 9.34. The van der Waals surface area contributed by atoms with E-state index in [0.29, 0.717) is 0 Å². The Morgan fingerprint density at radius 1 is 0.833 bits per heavy atom. The van der Waals surface area contributed by atoms with Crippen molar-refractivity contribution in [3.05, 3.63) is 0 Å². The molecule has 1 heteroatoms. The van der Waals surface area contributed by atoms with E-state index >= 15 is 0 Å². The van der Waals surface area contributed by atoms with Crippen LogP contribution in [0.3, 0.4) is 0 Å². The summed E-state index contributed by atoms with van der Waals surface area (Å²) in [6.07, 6.45) is 11.6. The third-order valence-electron chi connectivity index (χ3n) is 2.67. The van der Waals surface area contributed by atoms with Crippen molar-refractivity contribution in [2.24, 2.45) is 0 Å². The molecule has 0 saturated heterocycles. The standard InChI is InChI=1S/C17H28O/c1-4-5-6-7-8-9-10-11-12-13-14-15-16-17(2,3)18/h18H,4-12H2,1-3H3. The first-order valence-corrected chi connectivity index (χ1v) is 7.28. The van der Waals surface area contributed by atoms with Gasteiger partial charge in [0.15, 0.2) is 0 Å². The molecule has 0 rings (SSSR count). The monoisotopic (exact) mass is 248 g/mol. The summed E-state index contributed by atoms with van der Waals surface area (Å²) in [5.74, 6) is 11.2. The van der Waals surface area contributed by atoms with Gasteiger partial charge in [-0.2, -0.15) is 0 Å². The molecule has 0 aliphatic rings. The first kappa shape index (κ1) is 17.1. The van der Waals surface area contributed by atoms with Crippen molar-refractivity contribution in [3.63, 3.8) is 0 Å². The molecule has 0 heterocycles. The first-order valence-electron chi connectivity index (χ1n) is 7.28. The summed E-state index contributed by atoms with van der Waals surface area (Å²) in [4.78, 5) is 0. The lowest BCUT2D eigenvalue weighted by atomic mass is 10.1. The SMILES string of the molecule is CCCCCCCCCCC#CC#CC(C)(C)O. The fourth-order valence-electron chi connectivity index (χ4n) is 1.64. The Balaban J connectivity index is 3.35. The number of aliphatic hydroxyl groups is 1. The zero-order valence-corrected chi connectivity index (χ0v) is 12.3. The molecule has 0 aromatic rings. The van der Waals surface area contributed by atoms with Crippen molar-refractivity contribution < 1.29 is 5.11 Å². The van der Waals surface area contributed by atoms with E-state index in [0.717, 1.165) is 6.42 Å². The van der Waals surface area contributed by atoms with E-state index < -0.39 is 5.60 Å². The summed E-state index contributed by atoms with van der Waals surface area (Å²) in [6.45, 7) is 5.58. The van der Waals surface area contributed by atoms with Gasteiger partial charge in [0.1, 0.15) is 5.60 Å². The van der Waals surface area contributed by atoms with E-state index in [4.69, 9.17) is 0 Å². The highest BCUT2D eigenvalue weighted by Crippen LogP contribution is 2.08. The van der Waals surface area contributed by atoms with Crippen LogP contribution in [0.2, 0.25) is 0 Å². The highest BCUT2D eigenvalue weighted by Gasteiger charge is 2.04. The lowest BCUT2D eigenvalue weighted by Gasteiger charge is -2.04. The summed E-state index contributed by atoms with van der Waals surface area (Å²) in [7, 11) is 0. The molecule has 0 atom stereocenters. The largest absolute Gasteiger partial charge is 0.378 e. The van der Waals surface area contributed by atoms with Crippen molar-refractivity contribution in [2.45, 2.75) is 84.2 Å². The molecule has 0 bridgehead atoms. The van der Waals surface area contributed by atoms with Crippen LogP contribution in [-0.2, 0) is 0 Å². The lowest BCUT2D eigenvalue weighted by Crippen LogP contribution is -2.14. The summed E-state index contributed by atoms with van der Waals surface area (Å²) < 4.78 is 0. The molecule has 0 amide bonds. The lowest BCUT2D eigenvalue weighted by molar-refractivity contribution is 0.143. The van der Waals surface area contributed by atoms with Crippen molar-refractivity contribution >= 4 is 0 Å². The molecule has 102 valence electrons. The van der Waals surface area contributed by atoms with Gasteiger partial charge in [-0.25, -0.2) is 0 Å². The molecule has 1 nitrogen and oxygen atoms in total. The molecule has 0 saturated carbocycles. The molecule has 0 unspecified atom stereocenters. The van der Waals surface area contributed by atoms with Gasteiger partial charge in [-0.15, -0.1) is 0 Å². The molecule has 0 fully saturated rings. The second-order valence-electron chi connectivity index (χ2n) is 5.34. The zero-order valence-electron chi connectivity index (χ0n) is 12.3. The van der Waals surface area contributed by atoms with E-state index in [1.807, 2.05) is 0 Å². The van der Waals surface area contributed by atoms with Gasteiger partial charge < -0.3 is 5.11 Å². The number of rotatable bonds is 8. The van der Waals surface area contributed by atoms with E-state index in [2.05, 4.69) is 30.6 Å². The predicted molar refractivity (Wildman–Crippen MR) is 79.1 cm³/mol. The van der Waals surface area contributed by atoms with Crippen LogP contribution in [0, 0.1) is 23.7 Å². The number of hydrogen-bond acceptors (Lipinski definition) is 1. The Labute approximate surface area is 113 Å². The molecule has 0 aliphatic carbocycles. The van der Waals surface area contributed by atoms with E-state index in [9.17, 15) is 5.11 Å². The molecule has 0 radical (unpaired) electrons.